The molecule has 0 radical (unpaired) electrons. The third kappa shape index (κ3) is 5.65. The van der Waals surface area contributed by atoms with E-state index in [1.165, 1.54) is 38.2 Å². The molecule has 23 heavy (non-hydrogen) atoms. The Morgan fingerprint density at radius 2 is 1.96 bits per heavy atom. The highest BCUT2D eigenvalue weighted by molar-refractivity contribution is 7.91. The molecule has 128 valence electrons. The van der Waals surface area contributed by atoms with E-state index in [4.69, 9.17) is 0 Å². The van der Waals surface area contributed by atoms with E-state index in [2.05, 4.69) is 5.32 Å². The molecule has 0 atom stereocenters. The molecular formula is C18H27NO3S. The lowest BCUT2D eigenvalue weighted by Gasteiger charge is -2.21. The summed E-state index contributed by atoms with van der Waals surface area (Å²) in [6, 6.07) is 6.50. The fourth-order valence-corrected chi connectivity index (χ4v) is 4.11. The standard InChI is InChI=1S/C18H27NO3S/c1-2-23(21,22)17-12-7-11-16(14-17)19-18(20)13-6-10-15-8-4-3-5-9-15/h7,11-12,14-15H,2-6,8-10,13H2,1H3,(H,19,20). The van der Waals surface area contributed by atoms with Crippen LogP contribution in [0.3, 0.4) is 0 Å². The molecule has 0 saturated heterocycles. The molecule has 1 aromatic rings. The third-order valence-electron chi connectivity index (χ3n) is 4.60. The summed E-state index contributed by atoms with van der Waals surface area (Å²) >= 11 is 0. The van der Waals surface area contributed by atoms with Crippen molar-refractivity contribution in [3.63, 3.8) is 0 Å². The van der Waals surface area contributed by atoms with Crippen LogP contribution in [0.15, 0.2) is 29.2 Å². The lowest BCUT2D eigenvalue weighted by molar-refractivity contribution is -0.116. The Morgan fingerprint density at radius 3 is 2.65 bits per heavy atom. The first-order valence-electron chi connectivity index (χ1n) is 8.64. The minimum atomic E-state index is -3.24. The summed E-state index contributed by atoms with van der Waals surface area (Å²) in [4.78, 5) is 12.3. The van der Waals surface area contributed by atoms with Crippen molar-refractivity contribution in [1.29, 1.82) is 0 Å². The Kier molecular flexibility index (Phi) is 6.63. The topological polar surface area (TPSA) is 63.2 Å². The smallest absolute Gasteiger partial charge is 0.224 e. The van der Waals surface area contributed by atoms with Crippen molar-refractivity contribution >= 4 is 21.4 Å². The number of amides is 1. The summed E-state index contributed by atoms with van der Waals surface area (Å²) < 4.78 is 23.7. The molecular weight excluding hydrogens is 310 g/mol. The molecule has 0 aromatic heterocycles. The van der Waals surface area contributed by atoms with Gasteiger partial charge in [-0.1, -0.05) is 45.1 Å². The predicted octanol–water partition coefficient (Wildman–Crippen LogP) is 4.17. The second-order valence-electron chi connectivity index (χ2n) is 6.38. The van der Waals surface area contributed by atoms with Gasteiger partial charge in [0.2, 0.25) is 5.91 Å². The van der Waals surface area contributed by atoms with Gasteiger partial charge >= 0.3 is 0 Å². The number of nitrogens with one attached hydrogen (secondary N) is 1. The zero-order chi connectivity index (χ0) is 16.7. The first kappa shape index (κ1) is 18.0. The molecule has 1 aliphatic carbocycles. The van der Waals surface area contributed by atoms with Crippen LogP contribution in [-0.4, -0.2) is 20.1 Å². The molecule has 5 heteroatoms. The fraction of sp³-hybridized carbons (Fsp3) is 0.611. The van der Waals surface area contributed by atoms with Gasteiger partial charge in [-0.15, -0.1) is 0 Å². The molecule has 0 unspecified atom stereocenters. The SMILES string of the molecule is CCS(=O)(=O)c1cccc(NC(=O)CCCC2CCCCC2)c1. The number of anilines is 1. The van der Waals surface area contributed by atoms with Gasteiger partial charge in [0, 0.05) is 12.1 Å². The first-order valence-corrected chi connectivity index (χ1v) is 10.3. The molecule has 1 saturated carbocycles. The number of benzene rings is 1. The number of hydrogen-bond donors (Lipinski definition) is 1. The van der Waals surface area contributed by atoms with Gasteiger partial charge in [0.05, 0.1) is 10.6 Å². The van der Waals surface area contributed by atoms with Gasteiger partial charge in [0.15, 0.2) is 9.84 Å². The average molecular weight is 337 g/mol. The van der Waals surface area contributed by atoms with Crippen LogP contribution in [0.5, 0.6) is 0 Å². The summed E-state index contributed by atoms with van der Waals surface area (Å²) in [6.45, 7) is 1.62. The maximum Gasteiger partial charge on any atom is 0.224 e. The van der Waals surface area contributed by atoms with Crippen LogP contribution in [0, 0.1) is 5.92 Å². The Bertz CT molecular complexity index is 619. The monoisotopic (exact) mass is 337 g/mol. The quantitative estimate of drug-likeness (QED) is 0.812. The minimum absolute atomic E-state index is 0.0353. The van der Waals surface area contributed by atoms with E-state index in [1.807, 2.05) is 0 Å². The normalized spacial score (nSPS) is 16.2. The molecule has 0 spiro atoms. The number of rotatable bonds is 7. The summed E-state index contributed by atoms with van der Waals surface area (Å²) in [5.74, 6) is 0.813. The van der Waals surface area contributed by atoms with Gasteiger partial charge in [-0.05, 0) is 37.0 Å². The van der Waals surface area contributed by atoms with Crippen molar-refractivity contribution in [2.45, 2.75) is 63.2 Å². The molecule has 0 aliphatic heterocycles. The van der Waals surface area contributed by atoms with Crippen molar-refractivity contribution < 1.29 is 13.2 Å². The second kappa shape index (κ2) is 8.48. The lowest BCUT2D eigenvalue weighted by atomic mass is 9.86. The van der Waals surface area contributed by atoms with E-state index in [1.54, 1.807) is 25.1 Å². The van der Waals surface area contributed by atoms with Crippen molar-refractivity contribution in [1.82, 2.24) is 0 Å². The Hall–Kier alpha value is -1.36. The summed E-state index contributed by atoms with van der Waals surface area (Å²) in [5.41, 5.74) is 0.558. The van der Waals surface area contributed by atoms with Crippen molar-refractivity contribution in [3.8, 4) is 0 Å². The molecule has 0 heterocycles. The van der Waals surface area contributed by atoms with E-state index in [0.717, 1.165) is 18.8 Å². The first-order chi connectivity index (χ1) is 11.0. The fourth-order valence-electron chi connectivity index (χ4n) is 3.18. The summed E-state index contributed by atoms with van der Waals surface area (Å²) in [5, 5.41) is 2.81. The zero-order valence-corrected chi connectivity index (χ0v) is 14.7. The second-order valence-corrected chi connectivity index (χ2v) is 8.65. The maximum absolute atomic E-state index is 12.0. The number of carbonyl (C=O) groups excluding carboxylic acids is 1. The summed E-state index contributed by atoms with van der Waals surface area (Å²) in [7, 11) is -3.24. The van der Waals surface area contributed by atoms with Crippen LogP contribution in [0.1, 0.15) is 58.3 Å². The maximum atomic E-state index is 12.0. The van der Waals surface area contributed by atoms with Crippen LogP contribution >= 0.6 is 0 Å². The molecule has 1 N–H and O–H groups in total. The highest BCUT2D eigenvalue weighted by Gasteiger charge is 2.15. The Balaban J connectivity index is 1.82. The highest BCUT2D eigenvalue weighted by Crippen LogP contribution is 2.27. The van der Waals surface area contributed by atoms with Crippen LogP contribution < -0.4 is 5.32 Å². The summed E-state index contributed by atoms with van der Waals surface area (Å²) in [6.07, 6.45) is 9.15. The number of hydrogen-bond acceptors (Lipinski definition) is 3. The van der Waals surface area contributed by atoms with Crippen LogP contribution in [-0.2, 0) is 14.6 Å². The third-order valence-corrected chi connectivity index (χ3v) is 6.33. The number of sulfone groups is 1. The van der Waals surface area contributed by atoms with E-state index in [9.17, 15) is 13.2 Å². The van der Waals surface area contributed by atoms with Gasteiger partial charge < -0.3 is 5.32 Å². The van der Waals surface area contributed by atoms with Gasteiger partial charge in [-0.25, -0.2) is 8.42 Å². The van der Waals surface area contributed by atoms with Crippen LogP contribution in [0.4, 0.5) is 5.69 Å². The molecule has 1 aliphatic rings. The van der Waals surface area contributed by atoms with Gasteiger partial charge in [0.1, 0.15) is 0 Å². The van der Waals surface area contributed by atoms with Gasteiger partial charge in [-0.3, -0.25) is 4.79 Å². The van der Waals surface area contributed by atoms with Crippen molar-refractivity contribution in [2.24, 2.45) is 5.92 Å². The van der Waals surface area contributed by atoms with E-state index < -0.39 is 9.84 Å². The lowest BCUT2D eigenvalue weighted by Crippen LogP contribution is -2.13. The average Bonchev–Trinajstić information content (AvgIpc) is 2.56. The molecule has 4 nitrogen and oxygen atoms in total. The van der Waals surface area contributed by atoms with Crippen molar-refractivity contribution in [3.05, 3.63) is 24.3 Å². The number of carbonyl (C=O) groups is 1. The van der Waals surface area contributed by atoms with Crippen LogP contribution in [0.25, 0.3) is 0 Å². The Labute approximate surface area is 139 Å². The minimum Gasteiger partial charge on any atom is -0.326 e. The zero-order valence-electron chi connectivity index (χ0n) is 13.9. The molecule has 1 aromatic carbocycles. The molecule has 0 bridgehead atoms. The van der Waals surface area contributed by atoms with Crippen LogP contribution in [0.2, 0.25) is 0 Å². The largest absolute Gasteiger partial charge is 0.326 e. The molecule has 2 rings (SSSR count). The Morgan fingerprint density at radius 1 is 1.22 bits per heavy atom. The molecule has 1 amide bonds. The van der Waals surface area contributed by atoms with Gasteiger partial charge in [-0.2, -0.15) is 0 Å². The highest BCUT2D eigenvalue weighted by atomic mass is 32.2. The van der Waals surface area contributed by atoms with E-state index in [-0.39, 0.29) is 16.6 Å². The van der Waals surface area contributed by atoms with Crippen molar-refractivity contribution in [2.75, 3.05) is 11.1 Å². The van der Waals surface area contributed by atoms with E-state index >= 15 is 0 Å². The van der Waals surface area contributed by atoms with E-state index in [0.29, 0.717) is 12.1 Å². The predicted molar refractivity (Wildman–Crippen MR) is 93.2 cm³/mol. The molecule has 1 fully saturated rings. The van der Waals surface area contributed by atoms with Gasteiger partial charge in [0.25, 0.3) is 0 Å².